The summed E-state index contributed by atoms with van der Waals surface area (Å²) in [5, 5.41) is 10.7. The van der Waals surface area contributed by atoms with Crippen molar-refractivity contribution < 1.29 is 9.66 Å². The van der Waals surface area contributed by atoms with E-state index in [0.29, 0.717) is 13.2 Å². The standard InChI is InChI=1S/C15H14BrN3O3/c16-12-3-1-11(2-4-12)14-10-18(7-8-22-14)15-6-5-13(9-17-15)19(20)21/h1-6,9,14H,7-8,10H2. The fourth-order valence-corrected chi connectivity index (χ4v) is 2.67. The van der Waals surface area contributed by atoms with Gasteiger partial charge in [0.1, 0.15) is 18.1 Å². The monoisotopic (exact) mass is 363 g/mol. The van der Waals surface area contributed by atoms with E-state index in [0.717, 1.165) is 22.4 Å². The predicted octanol–water partition coefficient (Wildman–Crippen LogP) is 3.33. The molecular weight excluding hydrogens is 350 g/mol. The number of morpholine rings is 1. The van der Waals surface area contributed by atoms with Crippen molar-refractivity contribution in [3.05, 3.63) is 62.7 Å². The first-order valence-electron chi connectivity index (χ1n) is 6.86. The van der Waals surface area contributed by atoms with Crippen LogP contribution in [-0.2, 0) is 4.74 Å². The largest absolute Gasteiger partial charge is 0.370 e. The maximum atomic E-state index is 10.7. The van der Waals surface area contributed by atoms with Gasteiger partial charge in [0.15, 0.2) is 0 Å². The lowest BCUT2D eigenvalue weighted by molar-refractivity contribution is -0.385. The van der Waals surface area contributed by atoms with Gasteiger partial charge in [0.2, 0.25) is 0 Å². The van der Waals surface area contributed by atoms with E-state index in [1.165, 1.54) is 12.3 Å². The van der Waals surface area contributed by atoms with Crippen LogP contribution in [0.4, 0.5) is 11.5 Å². The molecule has 1 aliphatic rings. The minimum Gasteiger partial charge on any atom is -0.370 e. The Morgan fingerprint density at radius 2 is 2.05 bits per heavy atom. The van der Waals surface area contributed by atoms with Gasteiger partial charge in [-0.25, -0.2) is 4.98 Å². The van der Waals surface area contributed by atoms with E-state index in [2.05, 4.69) is 25.8 Å². The number of nitro groups is 1. The molecule has 2 heterocycles. The molecule has 0 N–H and O–H groups in total. The lowest BCUT2D eigenvalue weighted by Crippen LogP contribution is -2.38. The Balaban J connectivity index is 1.75. The smallest absolute Gasteiger partial charge is 0.287 e. The summed E-state index contributed by atoms with van der Waals surface area (Å²) in [4.78, 5) is 16.5. The molecule has 6 nitrogen and oxygen atoms in total. The van der Waals surface area contributed by atoms with E-state index in [1.807, 2.05) is 24.3 Å². The van der Waals surface area contributed by atoms with Crippen LogP contribution >= 0.6 is 15.9 Å². The van der Waals surface area contributed by atoms with Crippen molar-refractivity contribution in [2.45, 2.75) is 6.10 Å². The second-order valence-electron chi connectivity index (χ2n) is 4.99. The van der Waals surface area contributed by atoms with E-state index >= 15 is 0 Å². The van der Waals surface area contributed by atoms with Gasteiger partial charge in [-0.15, -0.1) is 0 Å². The van der Waals surface area contributed by atoms with Crippen molar-refractivity contribution >= 4 is 27.4 Å². The molecule has 0 radical (unpaired) electrons. The van der Waals surface area contributed by atoms with Gasteiger partial charge in [-0.1, -0.05) is 28.1 Å². The molecule has 7 heteroatoms. The fraction of sp³-hybridized carbons (Fsp3) is 0.267. The molecule has 1 saturated heterocycles. The Bertz CT molecular complexity index is 661. The zero-order chi connectivity index (χ0) is 15.5. The molecule has 2 aromatic rings. The van der Waals surface area contributed by atoms with Crippen LogP contribution in [0.5, 0.6) is 0 Å². The van der Waals surface area contributed by atoms with Gasteiger partial charge in [-0.3, -0.25) is 10.1 Å². The number of anilines is 1. The molecule has 22 heavy (non-hydrogen) atoms. The average Bonchev–Trinajstić information content (AvgIpc) is 2.56. The normalized spacial score (nSPS) is 18.2. The lowest BCUT2D eigenvalue weighted by Gasteiger charge is -2.33. The molecule has 1 aromatic heterocycles. The van der Waals surface area contributed by atoms with Crippen LogP contribution < -0.4 is 4.90 Å². The van der Waals surface area contributed by atoms with Gasteiger partial charge in [-0.2, -0.15) is 0 Å². The third-order valence-corrected chi connectivity index (χ3v) is 4.10. The van der Waals surface area contributed by atoms with Crippen molar-refractivity contribution in [2.75, 3.05) is 24.6 Å². The number of ether oxygens (including phenoxy) is 1. The van der Waals surface area contributed by atoms with Crippen molar-refractivity contribution in [2.24, 2.45) is 0 Å². The average molecular weight is 364 g/mol. The molecular formula is C15H14BrN3O3. The summed E-state index contributed by atoms with van der Waals surface area (Å²) in [6.07, 6.45) is 1.26. The molecule has 1 unspecified atom stereocenters. The topological polar surface area (TPSA) is 68.5 Å². The van der Waals surface area contributed by atoms with Crippen LogP contribution in [0.3, 0.4) is 0 Å². The third kappa shape index (κ3) is 3.26. The SMILES string of the molecule is O=[N+]([O-])c1ccc(N2CCOC(c3ccc(Br)cc3)C2)nc1. The van der Waals surface area contributed by atoms with Crippen LogP contribution in [-0.4, -0.2) is 29.6 Å². The second kappa shape index (κ2) is 6.41. The Hall–Kier alpha value is -1.99. The molecule has 0 spiro atoms. The van der Waals surface area contributed by atoms with Gasteiger partial charge >= 0.3 is 0 Å². The number of aromatic nitrogens is 1. The molecule has 0 amide bonds. The summed E-state index contributed by atoms with van der Waals surface area (Å²) in [7, 11) is 0. The van der Waals surface area contributed by atoms with Crippen LogP contribution in [0.2, 0.25) is 0 Å². The summed E-state index contributed by atoms with van der Waals surface area (Å²) in [6.45, 7) is 1.99. The summed E-state index contributed by atoms with van der Waals surface area (Å²) in [5.41, 5.74) is 1.11. The Kier molecular flexibility index (Phi) is 4.35. The Labute approximate surface area is 136 Å². The minimum atomic E-state index is -0.444. The van der Waals surface area contributed by atoms with Gasteiger partial charge in [-0.05, 0) is 23.8 Å². The van der Waals surface area contributed by atoms with Gasteiger partial charge in [0, 0.05) is 23.6 Å². The first-order chi connectivity index (χ1) is 10.6. The summed E-state index contributed by atoms with van der Waals surface area (Å²) in [5.74, 6) is 0.732. The van der Waals surface area contributed by atoms with Crippen LogP contribution in [0.25, 0.3) is 0 Å². The number of rotatable bonds is 3. The highest BCUT2D eigenvalue weighted by atomic mass is 79.9. The zero-order valence-electron chi connectivity index (χ0n) is 11.7. The molecule has 0 aliphatic carbocycles. The minimum absolute atomic E-state index is 0.00136. The molecule has 0 saturated carbocycles. The molecule has 1 aromatic carbocycles. The summed E-state index contributed by atoms with van der Waals surface area (Å²) in [6, 6.07) is 11.2. The van der Waals surface area contributed by atoms with E-state index in [9.17, 15) is 10.1 Å². The third-order valence-electron chi connectivity index (χ3n) is 3.58. The van der Waals surface area contributed by atoms with E-state index < -0.39 is 4.92 Å². The Morgan fingerprint density at radius 3 is 2.68 bits per heavy atom. The predicted molar refractivity (Wildman–Crippen MR) is 85.9 cm³/mol. The summed E-state index contributed by atoms with van der Waals surface area (Å²) < 4.78 is 6.85. The van der Waals surface area contributed by atoms with Gasteiger partial charge in [0.25, 0.3) is 5.69 Å². The quantitative estimate of drug-likeness (QED) is 0.617. The Morgan fingerprint density at radius 1 is 1.27 bits per heavy atom. The van der Waals surface area contributed by atoms with Gasteiger partial charge in [0.05, 0.1) is 11.5 Å². The van der Waals surface area contributed by atoms with Crippen LogP contribution in [0.15, 0.2) is 47.1 Å². The highest BCUT2D eigenvalue weighted by Crippen LogP contribution is 2.26. The zero-order valence-corrected chi connectivity index (χ0v) is 13.3. The number of hydrogen-bond donors (Lipinski definition) is 0. The molecule has 114 valence electrons. The van der Waals surface area contributed by atoms with E-state index in [1.54, 1.807) is 6.07 Å². The molecule has 0 bridgehead atoms. The molecule has 3 rings (SSSR count). The first kappa shape index (κ1) is 14.9. The molecule has 1 aliphatic heterocycles. The number of benzene rings is 1. The van der Waals surface area contributed by atoms with Gasteiger partial charge < -0.3 is 9.64 Å². The van der Waals surface area contributed by atoms with Crippen molar-refractivity contribution in [1.29, 1.82) is 0 Å². The lowest BCUT2D eigenvalue weighted by atomic mass is 10.1. The number of nitrogens with zero attached hydrogens (tertiary/aromatic N) is 3. The van der Waals surface area contributed by atoms with Crippen molar-refractivity contribution in [1.82, 2.24) is 4.98 Å². The first-order valence-corrected chi connectivity index (χ1v) is 7.65. The van der Waals surface area contributed by atoms with Crippen LogP contribution in [0, 0.1) is 10.1 Å². The maximum Gasteiger partial charge on any atom is 0.287 e. The highest BCUT2D eigenvalue weighted by molar-refractivity contribution is 9.10. The second-order valence-corrected chi connectivity index (χ2v) is 5.90. The summed E-state index contributed by atoms with van der Waals surface area (Å²) >= 11 is 3.42. The molecule has 1 fully saturated rings. The van der Waals surface area contributed by atoms with Crippen LogP contribution in [0.1, 0.15) is 11.7 Å². The van der Waals surface area contributed by atoms with E-state index in [-0.39, 0.29) is 11.8 Å². The number of hydrogen-bond acceptors (Lipinski definition) is 5. The molecule has 1 atom stereocenters. The maximum absolute atomic E-state index is 10.7. The van der Waals surface area contributed by atoms with Crippen molar-refractivity contribution in [3.63, 3.8) is 0 Å². The fourth-order valence-electron chi connectivity index (χ4n) is 2.41. The van der Waals surface area contributed by atoms with Crippen molar-refractivity contribution in [3.8, 4) is 0 Å². The van der Waals surface area contributed by atoms with E-state index in [4.69, 9.17) is 4.74 Å². The number of pyridine rings is 1. The number of halogens is 1. The highest BCUT2D eigenvalue weighted by Gasteiger charge is 2.23.